The van der Waals surface area contributed by atoms with Gasteiger partial charge in [-0.05, 0) is 24.6 Å². The average Bonchev–Trinajstić information content (AvgIpc) is 2.48. The zero-order valence-corrected chi connectivity index (χ0v) is 12.8. The van der Waals surface area contributed by atoms with Gasteiger partial charge in [-0.2, -0.15) is 10.1 Å². The fraction of sp³-hybridized carbons (Fsp3) is 0.357. The molecule has 0 saturated heterocycles. The molecule has 7 heteroatoms. The van der Waals surface area contributed by atoms with Gasteiger partial charge in [0, 0.05) is 11.6 Å². The minimum Gasteiger partial charge on any atom is -0.495 e. The third-order valence-electron chi connectivity index (χ3n) is 2.80. The maximum atomic E-state index is 5.99. The van der Waals surface area contributed by atoms with Crippen LogP contribution in [-0.2, 0) is 0 Å². The normalized spacial score (nSPS) is 10.2. The van der Waals surface area contributed by atoms with Gasteiger partial charge in [-0.3, -0.25) is 0 Å². The Labute approximate surface area is 128 Å². The van der Waals surface area contributed by atoms with Gasteiger partial charge in [-0.15, -0.1) is 5.10 Å². The smallest absolute Gasteiger partial charge is 0.249 e. The van der Waals surface area contributed by atoms with Crippen LogP contribution in [0.25, 0.3) is 0 Å². The first kappa shape index (κ1) is 15.3. The van der Waals surface area contributed by atoms with Crippen LogP contribution < -0.4 is 15.4 Å². The first-order valence-corrected chi connectivity index (χ1v) is 7.15. The van der Waals surface area contributed by atoms with Crippen LogP contribution in [0.3, 0.4) is 0 Å². The second-order valence-electron chi connectivity index (χ2n) is 4.42. The van der Waals surface area contributed by atoms with Crippen molar-refractivity contribution < 1.29 is 4.74 Å². The highest BCUT2D eigenvalue weighted by Gasteiger charge is 2.07. The Morgan fingerprint density at radius 3 is 2.95 bits per heavy atom. The molecule has 0 atom stereocenters. The molecule has 0 fully saturated rings. The Balaban J connectivity index is 2.12. The highest BCUT2D eigenvalue weighted by atomic mass is 35.5. The van der Waals surface area contributed by atoms with Gasteiger partial charge in [0.15, 0.2) is 5.82 Å². The molecular weight excluding hydrogens is 290 g/mol. The number of aromatic nitrogens is 3. The summed E-state index contributed by atoms with van der Waals surface area (Å²) in [5.41, 5.74) is 0.692. The van der Waals surface area contributed by atoms with E-state index in [1.165, 1.54) is 0 Å². The summed E-state index contributed by atoms with van der Waals surface area (Å²) in [6.07, 6.45) is 3.79. The molecule has 2 rings (SSSR count). The Morgan fingerprint density at radius 2 is 2.19 bits per heavy atom. The number of hydrogen-bond acceptors (Lipinski definition) is 6. The number of halogens is 1. The van der Waals surface area contributed by atoms with Crippen LogP contribution in [-0.4, -0.2) is 28.8 Å². The average molecular weight is 308 g/mol. The van der Waals surface area contributed by atoms with Crippen LogP contribution in [0.1, 0.15) is 19.8 Å². The molecule has 21 heavy (non-hydrogen) atoms. The Bertz CT molecular complexity index is 593. The van der Waals surface area contributed by atoms with Crippen molar-refractivity contribution in [1.82, 2.24) is 15.2 Å². The van der Waals surface area contributed by atoms with E-state index in [1.807, 2.05) is 0 Å². The first-order valence-electron chi connectivity index (χ1n) is 6.77. The second kappa shape index (κ2) is 7.64. The molecule has 1 aromatic carbocycles. The molecule has 0 aliphatic carbocycles. The van der Waals surface area contributed by atoms with Gasteiger partial charge in [-0.1, -0.05) is 24.9 Å². The third kappa shape index (κ3) is 4.46. The van der Waals surface area contributed by atoms with Crippen molar-refractivity contribution in [3.8, 4) is 5.75 Å². The van der Waals surface area contributed by atoms with E-state index in [-0.39, 0.29) is 0 Å². The van der Waals surface area contributed by atoms with E-state index in [0.717, 1.165) is 19.4 Å². The van der Waals surface area contributed by atoms with Crippen molar-refractivity contribution in [2.45, 2.75) is 19.8 Å². The predicted molar refractivity (Wildman–Crippen MR) is 84.5 cm³/mol. The molecule has 0 unspecified atom stereocenters. The van der Waals surface area contributed by atoms with Crippen molar-refractivity contribution in [3.63, 3.8) is 0 Å². The highest BCUT2D eigenvalue weighted by molar-refractivity contribution is 6.30. The third-order valence-corrected chi connectivity index (χ3v) is 3.04. The molecule has 0 radical (unpaired) electrons. The van der Waals surface area contributed by atoms with E-state index >= 15 is 0 Å². The standard InChI is InChI=1S/C14H18ClN5O/c1-3-4-7-16-13-9-17-20-14(19-13)18-11-8-10(15)5-6-12(11)21-2/h5-6,8-9H,3-4,7H2,1-2H3,(H2,16,18,19,20). The van der Waals surface area contributed by atoms with Gasteiger partial charge in [0.25, 0.3) is 0 Å². The van der Waals surface area contributed by atoms with Gasteiger partial charge in [0.2, 0.25) is 5.95 Å². The van der Waals surface area contributed by atoms with Gasteiger partial charge >= 0.3 is 0 Å². The topological polar surface area (TPSA) is 72.0 Å². The van der Waals surface area contributed by atoms with E-state index < -0.39 is 0 Å². The number of unbranched alkanes of at least 4 members (excludes halogenated alkanes) is 1. The number of nitrogens with zero attached hydrogens (tertiary/aromatic N) is 3. The lowest BCUT2D eigenvalue weighted by Gasteiger charge is -2.10. The molecule has 1 heterocycles. The van der Waals surface area contributed by atoms with Crippen molar-refractivity contribution in [3.05, 3.63) is 29.4 Å². The van der Waals surface area contributed by atoms with Crippen LogP contribution >= 0.6 is 11.6 Å². The Morgan fingerprint density at radius 1 is 1.33 bits per heavy atom. The van der Waals surface area contributed by atoms with Crippen LogP contribution in [0.5, 0.6) is 5.75 Å². The number of hydrogen-bond donors (Lipinski definition) is 2. The molecule has 112 valence electrons. The molecule has 0 spiro atoms. The lowest BCUT2D eigenvalue weighted by atomic mass is 10.3. The minimum atomic E-state index is 0.386. The highest BCUT2D eigenvalue weighted by Crippen LogP contribution is 2.29. The number of benzene rings is 1. The SMILES string of the molecule is CCCCNc1cnnc(Nc2cc(Cl)ccc2OC)n1. The minimum absolute atomic E-state index is 0.386. The number of nitrogens with one attached hydrogen (secondary N) is 2. The van der Waals surface area contributed by atoms with E-state index in [4.69, 9.17) is 16.3 Å². The zero-order chi connectivity index (χ0) is 15.1. The monoisotopic (exact) mass is 307 g/mol. The van der Waals surface area contributed by atoms with Crippen LogP contribution in [0.15, 0.2) is 24.4 Å². The summed E-state index contributed by atoms with van der Waals surface area (Å²) in [5.74, 6) is 1.73. The summed E-state index contributed by atoms with van der Waals surface area (Å²) >= 11 is 5.99. The molecule has 2 aromatic rings. The van der Waals surface area contributed by atoms with Crippen LogP contribution in [0.4, 0.5) is 17.5 Å². The number of methoxy groups -OCH3 is 1. The summed E-state index contributed by atoms with van der Waals surface area (Å²) in [6.45, 7) is 2.99. The number of ether oxygens (including phenoxy) is 1. The fourth-order valence-corrected chi connectivity index (χ4v) is 1.91. The van der Waals surface area contributed by atoms with Gasteiger partial charge in [0.1, 0.15) is 5.75 Å². The summed E-state index contributed by atoms with van der Waals surface area (Å²) in [6, 6.07) is 5.29. The van der Waals surface area contributed by atoms with Crippen molar-refractivity contribution in [2.75, 3.05) is 24.3 Å². The lowest BCUT2D eigenvalue weighted by molar-refractivity contribution is 0.417. The molecule has 6 nitrogen and oxygen atoms in total. The molecule has 0 aliphatic heterocycles. The quantitative estimate of drug-likeness (QED) is 0.763. The number of rotatable bonds is 7. The zero-order valence-electron chi connectivity index (χ0n) is 12.1. The Kier molecular flexibility index (Phi) is 5.57. The van der Waals surface area contributed by atoms with Crippen LogP contribution in [0, 0.1) is 0 Å². The second-order valence-corrected chi connectivity index (χ2v) is 4.85. The summed E-state index contributed by atoms with van der Waals surface area (Å²) in [5, 5.41) is 14.7. The van der Waals surface area contributed by atoms with E-state index in [1.54, 1.807) is 31.5 Å². The number of anilines is 3. The largest absolute Gasteiger partial charge is 0.495 e. The van der Waals surface area contributed by atoms with Crippen molar-refractivity contribution in [2.24, 2.45) is 0 Å². The molecular formula is C14H18ClN5O. The predicted octanol–water partition coefficient (Wildman–Crippen LogP) is 3.49. The van der Waals surface area contributed by atoms with Crippen LogP contribution in [0.2, 0.25) is 5.02 Å². The summed E-state index contributed by atoms with van der Waals surface area (Å²) in [7, 11) is 1.59. The van der Waals surface area contributed by atoms with E-state index in [0.29, 0.717) is 28.2 Å². The van der Waals surface area contributed by atoms with Crippen molar-refractivity contribution in [1.29, 1.82) is 0 Å². The summed E-state index contributed by atoms with van der Waals surface area (Å²) < 4.78 is 5.27. The van der Waals surface area contributed by atoms with Gasteiger partial charge in [-0.25, -0.2) is 0 Å². The molecule has 1 aromatic heterocycles. The summed E-state index contributed by atoms with van der Waals surface area (Å²) in [4.78, 5) is 4.35. The van der Waals surface area contributed by atoms with Gasteiger partial charge in [0.05, 0.1) is 19.0 Å². The van der Waals surface area contributed by atoms with Gasteiger partial charge < -0.3 is 15.4 Å². The molecule has 0 amide bonds. The van der Waals surface area contributed by atoms with Crippen molar-refractivity contribution >= 4 is 29.1 Å². The Hall–Kier alpha value is -2.08. The van der Waals surface area contributed by atoms with E-state index in [2.05, 4.69) is 32.7 Å². The molecule has 0 aliphatic rings. The molecule has 0 saturated carbocycles. The fourth-order valence-electron chi connectivity index (χ4n) is 1.73. The maximum absolute atomic E-state index is 5.99. The molecule has 2 N–H and O–H groups in total. The maximum Gasteiger partial charge on any atom is 0.249 e. The molecule has 0 bridgehead atoms. The lowest BCUT2D eigenvalue weighted by Crippen LogP contribution is -2.07. The first-order chi connectivity index (χ1) is 10.2. The van der Waals surface area contributed by atoms with E-state index in [9.17, 15) is 0 Å².